The third-order valence-electron chi connectivity index (χ3n) is 5.59. The molecule has 0 spiro atoms. The Labute approximate surface area is 154 Å². The molecule has 0 saturated heterocycles. The van der Waals surface area contributed by atoms with Gasteiger partial charge in [-0.3, -0.25) is 4.55 Å². The van der Waals surface area contributed by atoms with E-state index in [0.717, 1.165) is 36.2 Å². The van der Waals surface area contributed by atoms with E-state index in [0.29, 0.717) is 35.9 Å². The van der Waals surface area contributed by atoms with Crippen LogP contribution >= 0.6 is 0 Å². The molecule has 0 aromatic heterocycles. The average Bonchev–Trinajstić information content (AvgIpc) is 3.31. The van der Waals surface area contributed by atoms with E-state index in [4.69, 9.17) is 5.73 Å². The monoisotopic (exact) mass is 378 g/mol. The molecule has 1 saturated carbocycles. The van der Waals surface area contributed by atoms with E-state index in [1.807, 2.05) is 6.08 Å². The van der Waals surface area contributed by atoms with E-state index in [1.165, 1.54) is 6.07 Å². The Morgan fingerprint density at radius 3 is 2.62 bits per heavy atom. The van der Waals surface area contributed by atoms with Crippen molar-refractivity contribution in [3.8, 4) is 0 Å². The second-order valence-corrected chi connectivity index (χ2v) is 9.61. The summed E-state index contributed by atoms with van der Waals surface area (Å²) in [4.78, 5) is 2.22. The average molecular weight is 378 g/mol. The number of allylic oxidation sites excluding steroid dienone is 1. The summed E-state index contributed by atoms with van der Waals surface area (Å²) < 4.78 is 33.9. The van der Waals surface area contributed by atoms with Crippen LogP contribution in [0.5, 0.6) is 0 Å². The summed E-state index contributed by atoms with van der Waals surface area (Å²) in [6, 6.07) is 1.04. The first kappa shape index (κ1) is 18.0. The normalized spacial score (nSPS) is 25.3. The summed E-state index contributed by atoms with van der Waals surface area (Å²) in [6.45, 7) is 5.73. The second kappa shape index (κ2) is 6.05. The highest BCUT2D eigenvalue weighted by Crippen LogP contribution is 2.48. The Balaban J connectivity index is 1.95. The fourth-order valence-electron chi connectivity index (χ4n) is 4.38. The predicted octanol–water partition coefficient (Wildman–Crippen LogP) is 2.59. The Kier molecular flexibility index (Phi) is 4.19. The maximum atomic E-state index is 12.1. The van der Waals surface area contributed by atoms with Crippen LogP contribution in [0.15, 0.2) is 16.7 Å². The van der Waals surface area contributed by atoms with Gasteiger partial charge >= 0.3 is 0 Å². The standard InChI is InChI=1S/C19H26N2O4S/c1-10(2)8-21-9-14-12(5-16(21)11-3-4-11)18(26(23,24)25)6-13-15(20)7-17(22)19(13)14/h5-6,10-11,15,17,22H,3-4,7-9,20H2,1-2H3,(H,23,24,25). The molecule has 0 radical (unpaired) electrons. The minimum absolute atomic E-state index is 0.0850. The van der Waals surface area contributed by atoms with Gasteiger partial charge in [-0.2, -0.15) is 8.42 Å². The van der Waals surface area contributed by atoms with Crippen molar-refractivity contribution < 1.29 is 18.1 Å². The van der Waals surface area contributed by atoms with Gasteiger partial charge in [0.05, 0.1) is 6.10 Å². The summed E-state index contributed by atoms with van der Waals surface area (Å²) >= 11 is 0. The van der Waals surface area contributed by atoms with Gasteiger partial charge in [-0.15, -0.1) is 0 Å². The SMILES string of the molecule is CC(C)CN1Cc2c(c(S(=O)(=O)O)cc3c2C(O)CC3N)C=C1C1CC1. The largest absolute Gasteiger partial charge is 0.388 e. The zero-order valence-electron chi connectivity index (χ0n) is 15.1. The van der Waals surface area contributed by atoms with Gasteiger partial charge in [0.1, 0.15) is 4.90 Å². The van der Waals surface area contributed by atoms with Gasteiger partial charge in [-0.1, -0.05) is 13.8 Å². The van der Waals surface area contributed by atoms with Crippen molar-refractivity contribution in [1.29, 1.82) is 0 Å². The Morgan fingerprint density at radius 1 is 1.35 bits per heavy atom. The fourth-order valence-corrected chi connectivity index (χ4v) is 5.12. The fraction of sp³-hybridized carbons (Fsp3) is 0.579. The molecule has 3 aliphatic rings. The minimum atomic E-state index is -4.38. The number of fused-ring (bicyclic) bond motifs is 3. The first-order valence-electron chi connectivity index (χ1n) is 9.24. The maximum Gasteiger partial charge on any atom is 0.295 e. The van der Waals surface area contributed by atoms with Gasteiger partial charge in [0.25, 0.3) is 10.1 Å². The minimum Gasteiger partial charge on any atom is -0.388 e. The van der Waals surface area contributed by atoms with E-state index < -0.39 is 22.3 Å². The van der Waals surface area contributed by atoms with E-state index in [2.05, 4.69) is 18.7 Å². The van der Waals surface area contributed by atoms with Gasteiger partial charge in [0.15, 0.2) is 0 Å². The quantitative estimate of drug-likeness (QED) is 0.696. The number of nitrogens with zero attached hydrogens (tertiary/aromatic N) is 1. The summed E-state index contributed by atoms with van der Waals surface area (Å²) in [7, 11) is -4.38. The summed E-state index contributed by atoms with van der Waals surface area (Å²) in [6.07, 6.45) is 3.81. The number of nitrogens with two attached hydrogens (primary N) is 1. The molecule has 0 bridgehead atoms. The molecule has 26 heavy (non-hydrogen) atoms. The predicted molar refractivity (Wildman–Crippen MR) is 98.7 cm³/mol. The Morgan fingerprint density at radius 2 is 2.04 bits per heavy atom. The molecule has 2 aliphatic carbocycles. The molecule has 142 valence electrons. The van der Waals surface area contributed by atoms with Crippen LogP contribution in [-0.4, -0.2) is 29.5 Å². The molecule has 1 heterocycles. The zero-order chi connectivity index (χ0) is 18.8. The number of rotatable bonds is 4. The van der Waals surface area contributed by atoms with Crippen LogP contribution in [-0.2, 0) is 16.7 Å². The number of hydrogen-bond acceptors (Lipinski definition) is 5. The highest BCUT2D eigenvalue weighted by atomic mass is 32.2. The molecular formula is C19H26N2O4S. The van der Waals surface area contributed by atoms with Gasteiger partial charge < -0.3 is 15.7 Å². The molecule has 1 aromatic carbocycles. The summed E-state index contributed by atoms with van der Waals surface area (Å²) in [5.74, 6) is 0.917. The van der Waals surface area contributed by atoms with Crippen LogP contribution < -0.4 is 5.73 Å². The zero-order valence-corrected chi connectivity index (χ0v) is 16.0. The molecule has 1 aliphatic heterocycles. The number of aliphatic hydroxyl groups is 1. The van der Waals surface area contributed by atoms with Crippen molar-refractivity contribution >= 4 is 16.2 Å². The molecule has 4 rings (SSSR count). The van der Waals surface area contributed by atoms with E-state index in [-0.39, 0.29) is 4.90 Å². The molecule has 1 aromatic rings. The first-order chi connectivity index (χ1) is 12.2. The Hall–Kier alpha value is -1.41. The lowest BCUT2D eigenvalue weighted by Gasteiger charge is -2.35. The molecular weight excluding hydrogens is 352 g/mol. The van der Waals surface area contributed by atoms with Gasteiger partial charge in [-0.25, -0.2) is 0 Å². The molecule has 0 amide bonds. The molecule has 6 nitrogen and oxygen atoms in total. The van der Waals surface area contributed by atoms with Crippen molar-refractivity contribution in [3.05, 3.63) is 34.0 Å². The molecule has 1 fully saturated rings. The highest BCUT2D eigenvalue weighted by molar-refractivity contribution is 7.86. The molecule has 2 unspecified atom stereocenters. The number of aliphatic hydroxyl groups excluding tert-OH is 1. The summed E-state index contributed by atoms with van der Waals surface area (Å²) in [5, 5.41) is 10.5. The lowest BCUT2D eigenvalue weighted by molar-refractivity contribution is 0.171. The van der Waals surface area contributed by atoms with E-state index in [1.54, 1.807) is 0 Å². The van der Waals surface area contributed by atoms with Crippen molar-refractivity contribution in [2.75, 3.05) is 6.54 Å². The summed E-state index contributed by atoms with van der Waals surface area (Å²) in [5.41, 5.74) is 9.97. The van der Waals surface area contributed by atoms with Gasteiger partial charge in [0, 0.05) is 30.4 Å². The van der Waals surface area contributed by atoms with Crippen molar-refractivity contribution in [2.24, 2.45) is 17.6 Å². The van der Waals surface area contributed by atoms with Crippen LogP contribution in [0.25, 0.3) is 6.08 Å². The third-order valence-corrected chi connectivity index (χ3v) is 6.48. The van der Waals surface area contributed by atoms with Gasteiger partial charge in [-0.05, 0) is 59.9 Å². The van der Waals surface area contributed by atoms with Gasteiger partial charge in [0.2, 0.25) is 0 Å². The van der Waals surface area contributed by atoms with Crippen molar-refractivity contribution in [3.63, 3.8) is 0 Å². The van der Waals surface area contributed by atoms with Crippen LogP contribution in [0.1, 0.15) is 67.5 Å². The molecule has 4 N–H and O–H groups in total. The molecule has 7 heteroatoms. The van der Waals surface area contributed by atoms with Crippen molar-refractivity contribution in [2.45, 2.75) is 56.7 Å². The second-order valence-electron chi connectivity index (χ2n) is 8.22. The highest BCUT2D eigenvalue weighted by Gasteiger charge is 2.39. The van der Waals surface area contributed by atoms with Crippen LogP contribution in [0.3, 0.4) is 0 Å². The smallest absolute Gasteiger partial charge is 0.295 e. The Bertz CT molecular complexity index is 887. The van der Waals surface area contributed by atoms with E-state index >= 15 is 0 Å². The van der Waals surface area contributed by atoms with Crippen LogP contribution in [0.4, 0.5) is 0 Å². The number of hydrogen-bond donors (Lipinski definition) is 3. The van der Waals surface area contributed by atoms with E-state index in [9.17, 15) is 18.1 Å². The maximum absolute atomic E-state index is 12.1. The molecule has 2 atom stereocenters. The lowest BCUT2D eigenvalue weighted by Crippen LogP contribution is -2.31. The van der Waals surface area contributed by atoms with Crippen LogP contribution in [0, 0.1) is 11.8 Å². The topological polar surface area (TPSA) is 104 Å². The van der Waals surface area contributed by atoms with Crippen LogP contribution in [0.2, 0.25) is 0 Å². The number of benzene rings is 1. The first-order valence-corrected chi connectivity index (χ1v) is 10.7. The third kappa shape index (κ3) is 2.97. The lowest BCUT2D eigenvalue weighted by atomic mass is 9.91. The van der Waals surface area contributed by atoms with Crippen molar-refractivity contribution in [1.82, 2.24) is 4.90 Å².